The fraction of sp³-hybridized carbons (Fsp3) is 0.750. The number of nitro groups is 1. The van der Waals surface area contributed by atoms with Crippen molar-refractivity contribution in [1.82, 2.24) is 15.6 Å². The molecule has 0 fully saturated rings. The van der Waals surface area contributed by atoms with Crippen LogP contribution in [-0.2, 0) is 4.79 Å². The summed E-state index contributed by atoms with van der Waals surface area (Å²) in [5.74, 6) is -0.121. The van der Waals surface area contributed by atoms with E-state index in [2.05, 4.69) is 27.9 Å². The number of carbonyl (C=O) groups excluding carboxylic acids is 1. The van der Waals surface area contributed by atoms with Crippen molar-refractivity contribution in [2.45, 2.75) is 160 Å². The zero-order valence-corrected chi connectivity index (χ0v) is 28.8. The van der Waals surface area contributed by atoms with Crippen LogP contribution in [-0.4, -0.2) is 56.7 Å². The van der Waals surface area contributed by atoms with Crippen LogP contribution >= 0.6 is 0 Å². The van der Waals surface area contributed by atoms with E-state index in [1.54, 1.807) is 12.1 Å². The summed E-state index contributed by atoms with van der Waals surface area (Å²) in [6, 6.07) is 2.39. The van der Waals surface area contributed by atoms with Crippen molar-refractivity contribution in [3.63, 3.8) is 0 Å². The fourth-order valence-corrected chi connectivity index (χ4v) is 5.83. The molecule has 0 spiro atoms. The maximum absolute atomic E-state index is 12.3. The number of hydrogen-bond acceptors (Lipinski definition) is 9. The number of anilines is 1. The molecule has 0 aliphatic carbocycles. The van der Waals surface area contributed by atoms with Crippen molar-refractivity contribution in [3.8, 4) is 0 Å². The molecule has 2 atom stereocenters. The Labute approximate surface area is 281 Å². The van der Waals surface area contributed by atoms with Crippen LogP contribution in [0.15, 0.2) is 28.9 Å². The molecule has 1 aromatic carbocycles. The summed E-state index contributed by atoms with van der Waals surface area (Å²) >= 11 is 0. The van der Waals surface area contributed by atoms with E-state index >= 15 is 0 Å². The maximum Gasteiger partial charge on any atom is 0.300 e. The number of aliphatic hydroxyl groups excluding tert-OH is 2. The van der Waals surface area contributed by atoms with E-state index in [1.165, 1.54) is 70.3 Å². The molecule has 47 heavy (non-hydrogen) atoms. The minimum atomic E-state index is -0.878. The molecule has 266 valence electrons. The van der Waals surface area contributed by atoms with E-state index in [1.807, 2.05) is 6.08 Å². The summed E-state index contributed by atoms with van der Waals surface area (Å²) in [6.45, 7) is 2.71. The second kappa shape index (κ2) is 26.0. The van der Waals surface area contributed by atoms with E-state index in [9.17, 15) is 25.1 Å². The predicted octanol–water partition coefficient (Wildman–Crippen LogP) is 8.54. The van der Waals surface area contributed by atoms with Gasteiger partial charge in [-0.2, -0.15) is 0 Å². The third-order valence-corrected chi connectivity index (χ3v) is 8.75. The molecule has 11 nitrogen and oxygen atoms in total. The molecule has 0 saturated carbocycles. The van der Waals surface area contributed by atoms with Gasteiger partial charge in [-0.1, -0.05) is 128 Å². The first-order chi connectivity index (χ1) is 23.0. The number of allylic oxidation sites excluding steroid dienone is 1. The average Bonchev–Trinajstić information content (AvgIpc) is 3.56. The number of aliphatic hydroxyl groups is 2. The van der Waals surface area contributed by atoms with Gasteiger partial charge in [0.2, 0.25) is 11.4 Å². The number of aromatic nitrogens is 2. The van der Waals surface area contributed by atoms with Crippen LogP contribution in [0, 0.1) is 10.1 Å². The van der Waals surface area contributed by atoms with Gasteiger partial charge in [0.25, 0.3) is 0 Å². The number of hydrogen-bond donors (Lipinski definition) is 4. The first kappa shape index (κ1) is 40.1. The number of carbonyl (C=O) groups is 1. The second-order valence-corrected chi connectivity index (χ2v) is 12.8. The monoisotopic (exact) mass is 659 g/mol. The molecule has 0 aliphatic heterocycles. The van der Waals surface area contributed by atoms with E-state index in [-0.39, 0.29) is 23.7 Å². The fourth-order valence-electron chi connectivity index (χ4n) is 5.83. The minimum Gasteiger partial charge on any atom is -0.394 e. The van der Waals surface area contributed by atoms with Crippen molar-refractivity contribution in [2.24, 2.45) is 0 Å². The Bertz CT molecular complexity index is 1140. The van der Waals surface area contributed by atoms with Gasteiger partial charge in [0.15, 0.2) is 5.52 Å². The Balaban J connectivity index is 1.41. The quantitative estimate of drug-likeness (QED) is 0.0278. The zero-order valence-electron chi connectivity index (χ0n) is 28.8. The smallest absolute Gasteiger partial charge is 0.300 e. The SMILES string of the molecule is CCCCCCCCCCCCC/C=C/[C@@H](O)[C@@H](CO)NC(=O)CCCCCCCCCCCNc1ccc([N+](=O)[O-])c2nonc12. The summed E-state index contributed by atoms with van der Waals surface area (Å²) in [4.78, 5) is 23.0. The molecule has 2 aromatic rings. The molecule has 2 rings (SSSR count). The highest BCUT2D eigenvalue weighted by molar-refractivity contribution is 5.93. The molecule has 11 heteroatoms. The molecule has 0 unspecified atom stereocenters. The van der Waals surface area contributed by atoms with Gasteiger partial charge in [-0.05, 0) is 42.1 Å². The Morgan fingerprint density at radius 3 is 2.00 bits per heavy atom. The number of nitro benzene ring substituents is 1. The van der Waals surface area contributed by atoms with Crippen LogP contribution in [0.2, 0.25) is 0 Å². The second-order valence-electron chi connectivity index (χ2n) is 12.8. The normalized spacial score (nSPS) is 12.9. The standard InChI is InChI=1S/C36H61N5O6/c1-2-3-4-5-6-7-8-9-10-12-15-18-21-24-33(43)31(29-42)38-34(44)25-22-19-16-13-11-14-17-20-23-28-37-30-26-27-32(41(45)46)36-35(30)39-47-40-36/h21,24,26-27,31,33,37,42-43H,2-20,22-23,25,28-29H2,1H3,(H,38,44)/b24-21+/t31-,33-/m1/s1. The Hall–Kier alpha value is -3.05. The van der Waals surface area contributed by atoms with Gasteiger partial charge in [-0.3, -0.25) is 14.9 Å². The molecular weight excluding hydrogens is 598 g/mol. The zero-order chi connectivity index (χ0) is 34.0. The number of rotatable bonds is 30. The Morgan fingerprint density at radius 1 is 0.851 bits per heavy atom. The number of non-ortho nitro benzene ring substituents is 1. The summed E-state index contributed by atoms with van der Waals surface area (Å²) in [6.07, 6.45) is 28.1. The summed E-state index contributed by atoms with van der Waals surface area (Å²) in [5, 5.41) is 44.7. The molecule has 0 bridgehead atoms. The number of benzene rings is 1. The summed E-state index contributed by atoms with van der Waals surface area (Å²) < 4.78 is 4.70. The molecule has 1 heterocycles. The molecular formula is C36H61N5O6. The van der Waals surface area contributed by atoms with Crippen molar-refractivity contribution in [2.75, 3.05) is 18.5 Å². The molecule has 4 N–H and O–H groups in total. The van der Waals surface area contributed by atoms with Gasteiger partial charge < -0.3 is 20.8 Å². The van der Waals surface area contributed by atoms with E-state index in [4.69, 9.17) is 4.63 Å². The van der Waals surface area contributed by atoms with E-state index in [0.29, 0.717) is 17.6 Å². The van der Waals surface area contributed by atoms with Gasteiger partial charge >= 0.3 is 5.69 Å². The van der Waals surface area contributed by atoms with Crippen LogP contribution in [0.3, 0.4) is 0 Å². The molecule has 0 saturated heterocycles. The molecule has 1 amide bonds. The molecule has 0 aliphatic rings. The first-order valence-corrected chi connectivity index (χ1v) is 18.4. The maximum atomic E-state index is 12.3. The van der Waals surface area contributed by atoms with E-state index in [0.717, 1.165) is 77.2 Å². The predicted molar refractivity (Wildman–Crippen MR) is 188 cm³/mol. The lowest BCUT2D eigenvalue weighted by Crippen LogP contribution is -2.45. The third kappa shape index (κ3) is 17.6. The van der Waals surface area contributed by atoms with Gasteiger partial charge in [-0.25, -0.2) is 4.63 Å². The topological polar surface area (TPSA) is 164 Å². The third-order valence-electron chi connectivity index (χ3n) is 8.75. The number of nitrogens with zero attached hydrogens (tertiary/aromatic N) is 3. The highest BCUT2D eigenvalue weighted by atomic mass is 16.6. The number of nitrogens with one attached hydrogen (secondary N) is 2. The van der Waals surface area contributed by atoms with Crippen molar-refractivity contribution in [1.29, 1.82) is 0 Å². The van der Waals surface area contributed by atoms with Gasteiger partial charge in [0.05, 0.1) is 29.4 Å². The molecule has 1 aromatic heterocycles. The number of fused-ring (bicyclic) bond motifs is 1. The van der Waals surface area contributed by atoms with Crippen molar-refractivity contribution in [3.05, 3.63) is 34.4 Å². The van der Waals surface area contributed by atoms with Crippen molar-refractivity contribution < 1.29 is 24.6 Å². The summed E-state index contributed by atoms with van der Waals surface area (Å²) in [7, 11) is 0. The Kier molecular flexibility index (Phi) is 22.2. The number of amides is 1. The highest BCUT2D eigenvalue weighted by Gasteiger charge is 2.19. The van der Waals surface area contributed by atoms with Crippen molar-refractivity contribution >= 4 is 28.3 Å². The lowest BCUT2D eigenvalue weighted by molar-refractivity contribution is -0.383. The highest BCUT2D eigenvalue weighted by Crippen LogP contribution is 2.28. The van der Waals surface area contributed by atoms with Crippen LogP contribution in [0.25, 0.3) is 11.0 Å². The Morgan fingerprint density at radius 2 is 1.40 bits per heavy atom. The van der Waals surface area contributed by atoms with Gasteiger partial charge in [-0.15, -0.1) is 0 Å². The first-order valence-electron chi connectivity index (χ1n) is 18.4. The minimum absolute atomic E-state index is 0.117. The van der Waals surface area contributed by atoms with Gasteiger partial charge in [0.1, 0.15) is 0 Å². The largest absolute Gasteiger partial charge is 0.394 e. The number of unbranched alkanes of at least 4 members (excludes halogenated alkanes) is 19. The van der Waals surface area contributed by atoms with Crippen LogP contribution in [0.1, 0.15) is 148 Å². The van der Waals surface area contributed by atoms with Crippen LogP contribution < -0.4 is 10.6 Å². The average molecular weight is 660 g/mol. The van der Waals surface area contributed by atoms with E-state index < -0.39 is 17.1 Å². The van der Waals surface area contributed by atoms with Crippen LogP contribution in [0.5, 0.6) is 0 Å². The van der Waals surface area contributed by atoms with Crippen LogP contribution in [0.4, 0.5) is 11.4 Å². The van der Waals surface area contributed by atoms with Gasteiger partial charge in [0, 0.05) is 19.0 Å². The lowest BCUT2D eigenvalue weighted by Gasteiger charge is -2.20. The lowest BCUT2D eigenvalue weighted by atomic mass is 10.0. The summed E-state index contributed by atoms with van der Waals surface area (Å²) in [5.41, 5.74) is 1.10. The molecule has 0 radical (unpaired) electrons.